The zero-order valence-electron chi connectivity index (χ0n) is 11.3. The minimum atomic E-state index is -3.10. The van der Waals surface area contributed by atoms with Crippen molar-refractivity contribution in [2.24, 2.45) is 0 Å². The Bertz CT molecular complexity index is 806. The van der Waals surface area contributed by atoms with Crippen LogP contribution in [-0.2, 0) is 9.84 Å². The minimum absolute atomic E-state index is 0.0568. The average molecular weight is 325 g/mol. The Kier molecular flexibility index (Phi) is 3.61. The van der Waals surface area contributed by atoms with Gasteiger partial charge in [-0.1, -0.05) is 0 Å². The SMILES string of the molecule is O=C(N[C@H]1CCS(=O)(=O)C1)c1ccc(F)cc1-n1cnnn1. The van der Waals surface area contributed by atoms with Gasteiger partial charge in [0, 0.05) is 12.1 Å². The van der Waals surface area contributed by atoms with Gasteiger partial charge in [0.15, 0.2) is 9.84 Å². The molecular weight excluding hydrogens is 313 g/mol. The Morgan fingerprint density at radius 3 is 2.86 bits per heavy atom. The molecule has 0 unspecified atom stereocenters. The second-order valence-corrected chi connectivity index (χ2v) is 7.22. The van der Waals surface area contributed by atoms with E-state index in [0.717, 1.165) is 12.1 Å². The molecule has 2 heterocycles. The summed E-state index contributed by atoms with van der Waals surface area (Å²) in [6.07, 6.45) is 1.61. The minimum Gasteiger partial charge on any atom is -0.348 e. The molecule has 1 N–H and O–H groups in total. The Morgan fingerprint density at radius 2 is 2.23 bits per heavy atom. The van der Waals surface area contributed by atoms with Crippen molar-refractivity contribution < 1.29 is 17.6 Å². The monoisotopic (exact) mass is 325 g/mol. The number of hydrogen-bond acceptors (Lipinski definition) is 6. The van der Waals surface area contributed by atoms with Crippen LogP contribution in [0.2, 0.25) is 0 Å². The predicted octanol–water partition coefficient (Wildman–Crippen LogP) is -0.282. The highest BCUT2D eigenvalue weighted by atomic mass is 32.2. The molecule has 0 saturated carbocycles. The molecule has 1 aliphatic rings. The maximum absolute atomic E-state index is 13.4. The molecule has 1 fully saturated rings. The first-order chi connectivity index (χ1) is 10.4. The lowest BCUT2D eigenvalue weighted by Gasteiger charge is -2.13. The van der Waals surface area contributed by atoms with E-state index in [1.54, 1.807) is 0 Å². The van der Waals surface area contributed by atoms with Crippen LogP contribution in [0, 0.1) is 5.82 Å². The summed E-state index contributed by atoms with van der Waals surface area (Å²) in [7, 11) is -3.10. The first-order valence-corrected chi connectivity index (χ1v) is 8.31. The molecule has 0 aliphatic carbocycles. The van der Waals surface area contributed by atoms with E-state index in [1.165, 1.54) is 17.1 Å². The smallest absolute Gasteiger partial charge is 0.253 e. The van der Waals surface area contributed by atoms with Crippen LogP contribution in [0.15, 0.2) is 24.5 Å². The highest BCUT2D eigenvalue weighted by Gasteiger charge is 2.29. The van der Waals surface area contributed by atoms with Crippen molar-refractivity contribution in [1.29, 1.82) is 0 Å². The topological polar surface area (TPSA) is 107 Å². The normalized spacial score (nSPS) is 20.0. The Hall–Kier alpha value is -2.36. The largest absolute Gasteiger partial charge is 0.348 e. The number of halogens is 1. The number of amides is 1. The van der Waals surface area contributed by atoms with E-state index < -0.39 is 27.6 Å². The Balaban J connectivity index is 1.87. The molecule has 1 amide bonds. The lowest BCUT2D eigenvalue weighted by molar-refractivity contribution is 0.0941. The van der Waals surface area contributed by atoms with E-state index in [1.807, 2.05) is 0 Å². The number of benzene rings is 1. The fraction of sp³-hybridized carbons (Fsp3) is 0.333. The van der Waals surface area contributed by atoms with Gasteiger partial charge in [-0.25, -0.2) is 12.8 Å². The number of tetrazole rings is 1. The maximum atomic E-state index is 13.4. The molecule has 1 saturated heterocycles. The molecule has 3 rings (SSSR count). The van der Waals surface area contributed by atoms with E-state index >= 15 is 0 Å². The molecule has 22 heavy (non-hydrogen) atoms. The van der Waals surface area contributed by atoms with Crippen LogP contribution in [0.1, 0.15) is 16.8 Å². The number of nitrogens with one attached hydrogen (secondary N) is 1. The van der Waals surface area contributed by atoms with Crippen LogP contribution in [0.25, 0.3) is 5.69 Å². The molecule has 116 valence electrons. The quantitative estimate of drug-likeness (QED) is 0.831. The Morgan fingerprint density at radius 1 is 1.41 bits per heavy atom. The summed E-state index contributed by atoms with van der Waals surface area (Å²) in [5.41, 5.74) is 0.348. The summed E-state index contributed by atoms with van der Waals surface area (Å²) in [6.45, 7) is 0. The number of nitrogens with zero attached hydrogens (tertiary/aromatic N) is 4. The number of carbonyl (C=O) groups is 1. The Labute approximate surface area is 125 Å². The zero-order valence-corrected chi connectivity index (χ0v) is 12.1. The molecule has 0 radical (unpaired) electrons. The molecule has 10 heteroatoms. The first kappa shape index (κ1) is 14.6. The molecule has 0 bridgehead atoms. The number of sulfone groups is 1. The molecule has 1 aliphatic heterocycles. The van der Waals surface area contributed by atoms with Gasteiger partial charge < -0.3 is 5.32 Å². The molecule has 1 aromatic heterocycles. The van der Waals surface area contributed by atoms with Crippen LogP contribution in [0.3, 0.4) is 0 Å². The third-order valence-electron chi connectivity index (χ3n) is 3.37. The van der Waals surface area contributed by atoms with Crippen LogP contribution in [-0.4, -0.2) is 52.1 Å². The molecule has 1 aromatic carbocycles. The molecular formula is C12H12FN5O3S. The average Bonchev–Trinajstić information content (AvgIpc) is 3.08. The second-order valence-electron chi connectivity index (χ2n) is 4.99. The van der Waals surface area contributed by atoms with Crippen molar-refractivity contribution in [2.75, 3.05) is 11.5 Å². The third-order valence-corrected chi connectivity index (χ3v) is 5.14. The molecule has 0 spiro atoms. The molecule has 8 nitrogen and oxygen atoms in total. The van der Waals surface area contributed by atoms with E-state index in [-0.39, 0.29) is 22.8 Å². The standard InChI is InChI=1S/C12H12FN5O3S/c13-8-1-2-10(11(5-8)18-7-14-16-17-18)12(19)15-9-3-4-22(20,21)6-9/h1-2,5,7,9H,3-4,6H2,(H,15,19)/t9-/m0/s1. The summed E-state index contributed by atoms with van der Waals surface area (Å²) in [5.74, 6) is -1.06. The van der Waals surface area contributed by atoms with Gasteiger partial charge in [0.2, 0.25) is 0 Å². The number of rotatable bonds is 3. The molecule has 2 aromatic rings. The summed E-state index contributed by atoms with van der Waals surface area (Å²) < 4.78 is 37.4. The van der Waals surface area contributed by atoms with Gasteiger partial charge in [-0.05, 0) is 29.0 Å². The molecule has 1 atom stereocenters. The lowest BCUT2D eigenvalue weighted by Crippen LogP contribution is -2.36. The van der Waals surface area contributed by atoms with Crippen LogP contribution in [0.4, 0.5) is 4.39 Å². The zero-order chi connectivity index (χ0) is 15.7. The van der Waals surface area contributed by atoms with E-state index in [0.29, 0.717) is 6.42 Å². The van der Waals surface area contributed by atoms with Crippen LogP contribution in [0.5, 0.6) is 0 Å². The van der Waals surface area contributed by atoms with Crippen molar-refractivity contribution in [3.8, 4) is 5.69 Å². The number of hydrogen-bond donors (Lipinski definition) is 1. The first-order valence-electron chi connectivity index (χ1n) is 6.49. The van der Waals surface area contributed by atoms with Gasteiger partial charge in [0.05, 0.1) is 22.8 Å². The van der Waals surface area contributed by atoms with E-state index in [9.17, 15) is 17.6 Å². The van der Waals surface area contributed by atoms with Crippen LogP contribution >= 0.6 is 0 Å². The predicted molar refractivity (Wildman–Crippen MR) is 73.6 cm³/mol. The van der Waals surface area contributed by atoms with Crippen molar-refractivity contribution in [1.82, 2.24) is 25.5 Å². The van der Waals surface area contributed by atoms with Gasteiger partial charge >= 0.3 is 0 Å². The van der Waals surface area contributed by atoms with E-state index in [4.69, 9.17) is 0 Å². The van der Waals surface area contributed by atoms with Gasteiger partial charge in [-0.2, -0.15) is 4.68 Å². The van der Waals surface area contributed by atoms with Crippen LogP contribution < -0.4 is 5.32 Å². The summed E-state index contributed by atoms with van der Waals surface area (Å²) in [5, 5.41) is 13.2. The van der Waals surface area contributed by atoms with Crippen molar-refractivity contribution in [3.63, 3.8) is 0 Å². The number of aromatic nitrogens is 4. The van der Waals surface area contributed by atoms with Crippen molar-refractivity contribution >= 4 is 15.7 Å². The van der Waals surface area contributed by atoms with Gasteiger partial charge in [-0.15, -0.1) is 5.10 Å². The fourth-order valence-electron chi connectivity index (χ4n) is 2.33. The summed E-state index contributed by atoms with van der Waals surface area (Å²) in [4.78, 5) is 12.3. The van der Waals surface area contributed by atoms with Gasteiger partial charge in [0.1, 0.15) is 12.1 Å². The summed E-state index contributed by atoms with van der Waals surface area (Å²) >= 11 is 0. The van der Waals surface area contributed by atoms with E-state index in [2.05, 4.69) is 20.8 Å². The van der Waals surface area contributed by atoms with Crippen molar-refractivity contribution in [3.05, 3.63) is 35.9 Å². The van der Waals surface area contributed by atoms with Crippen molar-refractivity contribution in [2.45, 2.75) is 12.5 Å². The van der Waals surface area contributed by atoms with Gasteiger partial charge in [0.25, 0.3) is 5.91 Å². The number of carbonyl (C=O) groups excluding carboxylic acids is 1. The third kappa shape index (κ3) is 2.96. The highest BCUT2D eigenvalue weighted by Crippen LogP contribution is 2.17. The maximum Gasteiger partial charge on any atom is 0.253 e. The summed E-state index contributed by atoms with van der Waals surface area (Å²) in [6, 6.07) is 3.15. The van der Waals surface area contributed by atoms with Gasteiger partial charge in [-0.3, -0.25) is 4.79 Å². The fourth-order valence-corrected chi connectivity index (χ4v) is 4.00. The lowest BCUT2D eigenvalue weighted by atomic mass is 10.1. The second kappa shape index (κ2) is 5.44. The highest BCUT2D eigenvalue weighted by molar-refractivity contribution is 7.91.